The Balaban J connectivity index is 0.000000671. The molecule has 0 atom stereocenters. The van der Waals surface area contributed by atoms with Crippen LogP contribution in [0.2, 0.25) is 0 Å². The van der Waals surface area contributed by atoms with Crippen molar-refractivity contribution >= 4 is 15.9 Å². The number of halogens is 1. The van der Waals surface area contributed by atoms with Crippen LogP contribution in [0.1, 0.15) is 13.8 Å². The second-order valence-corrected chi connectivity index (χ2v) is 2.89. The quantitative estimate of drug-likeness (QED) is 0.804. The molecule has 0 heterocycles. The third-order valence-corrected chi connectivity index (χ3v) is 1.68. The van der Waals surface area contributed by atoms with Gasteiger partial charge in [0.25, 0.3) is 0 Å². The summed E-state index contributed by atoms with van der Waals surface area (Å²) in [7, 11) is 1.38. The molecule has 0 bridgehead atoms. The van der Waals surface area contributed by atoms with Crippen molar-refractivity contribution in [2.75, 3.05) is 7.11 Å². The maximum Gasteiger partial charge on any atom is 0.202 e. The molecule has 13 heavy (non-hydrogen) atoms. The third-order valence-electron chi connectivity index (χ3n) is 1.22. The van der Waals surface area contributed by atoms with Crippen LogP contribution in [0, 0.1) is 0 Å². The van der Waals surface area contributed by atoms with Crippen molar-refractivity contribution in [1.29, 1.82) is 0 Å². The minimum atomic E-state index is -0.0839. The lowest BCUT2D eigenvalue weighted by atomic mass is 10.3. The van der Waals surface area contributed by atoms with E-state index in [1.807, 2.05) is 13.8 Å². The van der Waals surface area contributed by atoms with E-state index in [1.165, 1.54) is 19.2 Å². The monoisotopic (exact) mass is 248 g/mol. The van der Waals surface area contributed by atoms with Crippen LogP contribution in [0.25, 0.3) is 0 Å². The Morgan fingerprint density at radius 1 is 1.15 bits per heavy atom. The number of hydrogen-bond acceptors (Lipinski definition) is 3. The summed E-state index contributed by atoms with van der Waals surface area (Å²) in [6, 6.07) is 2.89. The fourth-order valence-corrected chi connectivity index (χ4v) is 1.21. The summed E-state index contributed by atoms with van der Waals surface area (Å²) in [6.45, 7) is 4.00. The van der Waals surface area contributed by atoms with Crippen LogP contribution in [0.4, 0.5) is 0 Å². The summed E-state index contributed by atoms with van der Waals surface area (Å²) >= 11 is 3.10. The van der Waals surface area contributed by atoms with Crippen LogP contribution in [-0.4, -0.2) is 17.3 Å². The molecule has 0 unspecified atom stereocenters. The van der Waals surface area contributed by atoms with E-state index >= 15 is 0 Å². The second-order valence-electron chi connectivity index (χ2n) is 1.98. The Hall–Kier alpha value is -0.900. The van der Waals surface area contributed by atoms with E-state index in [0.29, 0.717) is 4.47 Å². The molecule has 0 fully saturated rings. The molecule has 0 radical (unpaired) electrons. The van der Waals surface area contributed by atoms with Crippen molar-refractivity contribution in [3.8, 4) is 17.2 Å². The zero-order valence-electron chi connectivity index (χ0n) is 7.84. The summed E-state index contributed by atoms with van der Waals surface area (Å²) in [6.07, 6.45) is 0. The van der Waals surface area contributed by atoms with Crippen molar-refractivity contribution in [3.63, 3.8) is 0 Å². The lowest BCUT2D eigenvalue weighted by molar-refractivity contribution is 0.344. The normalized spacial score (nSPS) is 8.62. The zero-order chi connectivity index (χ0) is 10.4. The lowest BCUT2D eigenvalue weighted by Crippen LogP contribution is -1.83. The van der Waals surface area contributed by atoms with Gasteiger partial charge in [-0.25, -0.2) is 0 Å². The minimum Gasteiger partial charge on any atom is -0.504 e. The Kier molecular flexibility index (Phi) is 5.30. The molecule has 3 nitrogen and oxygen atoms in total. The van der Waals surface area contributed by atoms with Gasteiger partial charge in [0.2, 0.25) is 5.75 Å². The van der Waals surface area contributed by atoms with Crippen LogP contribution in [0.15, 0.2) is 16.6 Å². The summed E-state index contributed by atoms with van der Waals surface area (Å²) in [4.78, 5) is 0. The molecule has 0 saturated heterocycles. The topological polar surface area (TPSA) is 49.7 Å². The highest BCUT2D eigenvalue weighted by molar-refractivity contribution is 9.10. The van der Waals surface area contributed by atoms with Crippen molar-refractivity contribution in [3.05, 3.63) is 16.6 Å². The number of methoxy groups -OCH3 is 1. The van der Waals surface area contributed by atoms with E-state index in [2.05, 4.69) is 15.9 Å². The first-order valence-electron chi connectivity index (χ1n) is 3.90. The average Bonchev–Trinajstić information content (AvgIpc) is 2.07. The van der Waals surface area contributed by atoms with Crippen molar-refractivity contribution in [2.24, 2.45) is 0 Å². The molecule has 1 aromatic rings. The Morgan fingerprint density at radius 2 is 1.54 bits per heavy atom. The standard InChI is InChI=1S/C7H7BrO3.C2H6/c1-11-7-5(9)2-4(8)3-6(7)10;1-2/h2-3,9-10H,1H3;1-2H3. The molecule has 4 heteroatoms. The van der Waals surface area contributed by atoms with Gasteiger partial charge < -0.3 is 14.9 Å². The number of hydrogen-bond donors (Lipinski definition) is 2. The molecule has 0 aliphatic carbocycles. The largest absolute Gasteiger partial charge is 0.504 e. The number of ether oxygens (including phenoxy) is 1. The van der Waals surface area contributed by atoms with Gasteiger partial charge in [0.15, 0.2) is 11.5 Å². The predicted molar refractivity (Wildman–Crippen MR) is 55.4 cm³/mol. The number of phenols is 2. The summed E-state index contributed by atoms with van der Waals surface area (Å²) < 4.78 is 5.31. The number of rotatable bonds is 1. The van der Waals surface area contributed by atoms with E-state index in [4.69, 9.17) is 14.9 Å². The first-order chi connectivity index (χ1) is 6.15. The molecular formula is C9H13BrO3. The van der Waals surface area contributed by atoms with Gasteiger partial charge in [-0.15, -0.1) is 0 Å². The van der Waals surface area contributed by atoms with Gasteiger partial charge >= 0.3 is 0 Å². The molecule has 0 amide bonds. The Bertz CT molecular complexity index is 251. The maximum atomic E-state index is 9.16. The van der Waals surface area contributed by atoms with E-state index in [0.717, 1.165) is 0 Å². The van der Waals surface area contributed by atoms with E-state index < -0.39 is 0 Å². The highest BCUT2D eigenvalue weighted by Gasteiger charge is 2.07. The van der Waals surface area contributed by atoms with Gasteiger partial charge in [0.05, 0.1) is 7.11 Å². The molecule has 1 aromatic carbocycles. The highest BCUT2D eigenvalue weighted by Crippen LogP contribution is 2.37. The van der Waals surface area contributed by atoms with Crippen LogP contribution in [0.3, 0.4) is 0 Å². The van der Waals surface area contributed by atoms with Crippen LogP contribution in [-0.2, 0) is 0 Å². The summed E-state index contributed by atoms with van der Waals surface area (Å²) in [5.41, 5.74) is 0. The number of phenolic OH excluding ortho intramolecular Hbond substituents is 2. The molecule has 1 rings (SSSR count). The lowest BCUT2D eigenvalue weighted by Gasteiger charge is -2.05. The molecule has 0 aliphatic heterocycles. The molecular weight excluding hydrogens is 236 g/mol. The van der Waals surface area contributed by atoms with Crippen LogP contribution in [0.5, 0.6) is 17.2 Å². The zero-order valence-corrected chi connectivity index (χ0v) is 9.42. The molecule has 74 valence electrons. The van der Waals surface area contributed by atoms with Crippen LogP contribution >= 0.6 is 15.9 Å². The molecule has 0 saturated carbocycles. The minimum absolute atomic E-state index is 0.0839. The Labute approximate surface area is 86.1 Å². The van der Waals surface area contributed by atoms with Gasteiger partial charge in [-0.2, -0.15) is 0 Å². The van der Waals surface area contributed by atoms with Crippen molar-refractivity contribution in [2.45, 2.75) is 13.8 Å². The molecule has 2 N–H and O–H groups in total. The summed E-state index contributed by atoms with van der Waals surface area (Å²) in [5.74, 6) is -0.0769. The molecule has 0 spiro atoms. The van der Waals surface area contributed by atoms with Crippen molar-refractivity contribution in [1.82, 2.24) is 0 Å². The van der Waals surface area contributed by atoms with E-state index in [1.54, 1.807) is 0 Å². The number of benzene rings is 1. The van der Waals surface area contributed by atoms with Crippen molar-refractivity contribution < 1.29 is 14.9 Å². The van der Waals surface area contributed by atoms with E-state index in [-0.39, 0.29) is 17.2 Å². The average molecular weight is 249 g/mol. The highest BCUT2D eigenvalue weighted by atomic mass is 79.9. The number of aromatic hydroxyl groups is 2. The van der Waals surface area contributed by atoms with Gasteiger partial charge in [0.1, 0.15) is 0 Å². The third kappa shape index (κ3) is 3.14. The smallest absolute Gasteiger partial charge is 0.202 e. The first-order valence-corrected chi connectivity index (χ1v) is 4.70. The second kappa shape index (κ2) is 5.70. The Morgan fingerprint density at radius 3 is 1.85 bits per heavy atom. The molecule has 0 aliphatic rings. The first kappa shape index (κ1) is 12.1. The van der Waals surface area contributed by atoms with Gasteiger partial charge in [0, 0.05) is 4.47 Å². The van der Waals surface area contributed by atoms with Gasteiger partial charge in [-0.05, 0) is 12.1 Å². The predicted octanol–water partition coefficient (Wildman–Crippen LogP) is 2.90. The van der Waals surface area contributed by atoms with Crippen LogP contribution < -0.4 is 4.74 Å². The van der Waals surface area contributed by atoms with Gasteiger partial charge in [-0.3, -0.25) is 0 Å². The molecule has 0 aromatic heterocycles. The maximum absolute atomic E-state index is 9.16. The fourth-order valence-electron chi connectivity index (χ4n) is 0.774. The summed E-state index contributed by atoms with van der Waals surface area (Å²) in [5, 5.41) is 18.3. The van der Waals surface area contributed by atoms with Gasteiger partial charge in [-0.1, -0.05) is 29.8 Å². The van der Waals surface area contributed by atoms with E-state index in [9.17, 15) is 0 Å². The fraction of sp³-hybridized carbons (Fsp3) is 0.333. The SMILES string of the molecule is CC.COc1c(O)cc(Br)cc1O.